The maximum absolute atomic E-state index is 12.5. The Kier molecular flexibility index (Phi) is 4.52. The van der Waals surface area contributed by atoms with Gasteiger partial charge in [-0.25, -0.2) is 19.3 Å². The van der Waals surface area contributed by atoms with E-state index in [4.69, 9.17) is 11.5 Å². The summed E-state index contributed by atoms with van der Waals surface area (Å²) in [5, 5.41) is 5.19. The minimum atomic E-state index is -0.415. The average molecular weight is 351 g/mol. The largest absolute Gasteiger partial charge is 0.370 e. The highest BCUT2D eigenvalue weighted by molar-refractivity contribution is 6.06. The second-order valence-corrected chi connectivity index (χ2v) is 5.35. The fourth-order valence-electron chi connectivity index (χ4n) is 2.44. The molecular formula is C17H17N7O2. The molecule has 1 aromatic heterocycles. The fraction of sp³-hybridized carbons (Fsp3) is 0.0588. The van der Waals surface area contributed by atoms with Crippen molar-refractivity contribution in [3.63, 3.8) is 0 Å². The van der Waals surface area contributed by atoms with E-state index in [2.05, 4.69) is 20.6 Å². The second-order valence-electron chi connectivity index (χ2n) is 5.35. The molecule has 0 fully saturated rings. The Bertz CT molecular complexity index is 1000. The smallest absolute Gasteiger partial charge is 0.328 e. The third-order valence-electron chi connectivity index (χ3n) is 3.59. The van der Waals surface area contributed by atoms with Crippen LogP contribution in [0.15, 0.2) is 53.5 Å². The summed E-state index contributed by atoms with van der Waals surface area (Å²) in [6.07, 6.45) is 0. The Labute approximate surface area is 148 Å². The standard InChI is InChI=1S/C17H17N7O2/c1-20-17(26)24-13-5-3-2-4-12(13)22-16(24)23-14(25)10-6-8-11(9-7-10)21-15(18)19/h2-9H,1H3,(H,20,26)(H4,18,19,21)(H,22,23,25). The van der Waals surface area contributed by atoms with Crippen molar-refractivity contribution in [1.29, 1.82) is 0 Å². The van der Waals surface area contributed by atoms with Gasteiger partial charge in [0.1, 0.15) is 0 Å². The molecule has 0 unspecified atom stereocenters. The molecule has 26 heavy (non-hydrogen) atoms. The summed E-state index contributed by atoms with van der Waals surface area (Å²) in [6.45, 7) is 0. The van der Waals surface area contributed by atoms with Gasteiger partial charge in [0.25, 0.3) is 5.91 Å². The number of benzene rings is 2. The summed E-state index contributed by atoms with van der Waals surface area (Å²) in [6, 6.07) is 13.1. The van der Waals surface area contributed by atoms with Crippen molar-refractivity contribution < 1.29 is 9.59 Å². The third-order valence-corrected chi connectivity index (χ3v) is 3.59. The van der Waals surface area contributed by atoms with Gasteiger partial charge in [-0.2, -0.15) is 0 Å². The minimum Gasteiger partial charge on any atom is -0.370 e. The summed E-state index contributed by atoms with van der Waals surface area (Å²) in [5.41, 5.74) is 12.7. The van der Waals surface area contributed by atoms with E-state index < -0.39 is 11.9 Å². The zero-order chi connectivity index (χ0) is 18.7. The van der Waals surface area contributed by atoms with Crippen molar-refractivity contribution in [2.75, 3.05) is 12.4 Å². The number of hydrogen-bond donors (Lipinski definition) is 4. The number of aromatic nitrogens is 2. The number of aliphatic imine (C=N–C) groups is 1. The van der Waals surface area contributed by atoms with Gasteiger partial charge in [0.2, 0.25) is 5.95 Å². The first kappa shape index (κ1) is 17.0. The molecule has 9 nitrogen and oxygen atoms in total. The van der Waals surface area contributed by atoms with E-state index in [1.54, 1.807) is 48.5 Å². The Balaban J connectivity index is 1.92. The molecule has 1 heterocycles. The number of carbonyl (C=O) groups excluding carboxylic acids is 2. The molecule has 6 N–H and O–H groups in total. The van der Waals surface area contributed by atoms with Crippen LogP contribution in [-0.4, -0.2) is 34.5 Å². The normalized spacial score (nSPS) is 10.3. The van der Waals surface area contributed by atoms with Crippen LogP contribution in [0, 0.1) is 0 Å². The van der Waals surface area contributed by atoms with E-state index in [1.165, 1.54) is 11.6 Å². The number of nitrogens with one attached hydrogen (secondary N) is 2. The molecule has 3 rings (SSSR count). The molecule has 0 radical (unpaired) electrons. The number of rotatable bonds is 3. The zero-order valence-electron chi connectivity index (χ0n) is 13.9. The highest BCUT2D eigenvalue weighted by Crippen LogP contribution is 2.20. The van der Waals surface area contributed by atoms with Crippen LogP contribution in [0.4, 0.5) is 16.4 Å². The van der Waals surface area contributed by atoms with Crippen LogP contribution in [-0.2, 0) is 0 Å². The second kappa shape index (κ2) is 6.93. The number of fused-ring (bicyclic) bond motifs is 1. The summed E-state index contributed by atoms with van der Waals surface area (Å²) < 4.78 is 1.31. The molecule has 132 valence electrons. The predicted molar refractivity (Wildman–Crippen MR) is 99.5 cm³/mol. The van der Waals surface area contributed by atoms with E-state index in [1.807, 2.05) is 0 Å². The number of para-hydroxylation sites is 2. The van der Waals surface area contributed by atoms with E-state index in [0.717, 1.165) is 0 Å². The van der Waals surface area contributed by atoms with Crippen LogP contribution >= 0.6 is 0 Å². The average Bonchev–Trinajstić information content (AvgIpc) is 2.99. The van der Waals surface area contributed by atoms with Gasteiger partial charge in [-0.15, -0.1) is 0 Å². The maximum Gasteiger partial charge on any atom is 0.328 e. The maximum atomic E-state index is 12.5. The minimum absolute atomic E-state index is 0.0681. The van der Waals surface area contributed by atoms with E-state index in [-0.39, 0.29) is 11.9 Å². The Morgan fingerprint density at radius 3 is 2.42 bits per heavy atom. The van der Waals surface area contributed by atoms with Crippen molar-refractivity contribution in [3.05, 3.63) is 54.1 Å². The number of carbonyl (C=O) groups is 2. The number of hydrogen-bond acceptors (Lipinski definition) is 4. The molecule has 3 aromatic rings. The molecular weight excluding hydrogens is 334 g/mol. The van der Waals surface area contributed by atoms with E-state index in [0.29, 0.717) is 22.3 Å². The van der Waals surface area contributed by atoms with Gasteiger partial charge in [0.15, 0.2) is 5.96 Å². The monoisotopic (exact) mass is 351 g/mol. The SMILES string of the molecule is CNC(=O)n1c(NC(=O)c2ccc(N=C(N)N)cc2)nc2ccccc21. The Morgan fingerprint density at radius 2 is 1.77 bits per heavy atom. The molecule has 0 aliphatic rings. The third kappa shape index (κ3) is 3.31. The Morgan fingerprint density at radius 1 is 1.08 bits per heavy atom. The van der Waals surface area contributed by atoms with Crippen molar-refractivity contribution >= 4 is 40.6 Å². The lowest BCUT2D eigenvalue weighted by molar-refractivity contribution is 0.102. The molecule has 0 saturated carbocycles. The van der Waals surface area contributed by atoms with Gasteiger partial charge in [-0.3, -0.25) is 10.1 Å². The van der Waals surface area contributed by atoms with Gasteiger partial charge < -0.3 is 16.8 Å². The zero-order valence-corrected chi connectivity index (χ0v) is 13.9. The van der Waals surface area contributed by atoms with Crippen molar-refractivity contribution in [2.24, 2.45) is 16.5 Å². The summed E-state index contributed by atoms with van der Waals surface area (Å²) in [5.74, 6) is -0.355. The predicted octanol–water partition coefficient (Wildman–Crippen LogP) is 1.38. The van der Waals surface area contributed by atoms with Crippen LogP contribution in [0.3, 0.4) is 0 Å². The number of anilines is 1. The van der Waals surface area contributed by atoms with Crippen LogP contribution in [0.5, 0.6) is 0 Å². The lowest BCUT2D eigenvalue weighted by atomic mass is 10.2. The van der Waals surface area contributed by atoms with E-state index in [9.17, 15) is 9.59 Å². The molecule has 0 atom stereocenters. The van der Waals surface area contributed by atoms with Crippen LogP contribution in [0.2, 0.25) is 0 Å². The summed E-state index contributed by atoms with van der Waals surface area (Å²) >= 11 is 0. The summed E-state index contributed by atoms with van der Waals surface area (Å²) in [4.78, 5) is 32.9. The first-order chi connectivity index (χ1) is 12.5. The number of amides is 2. The molecule has 0 spiro atoms. The van der Waals surface area contributed by atoms with Crippen LogP contribution in [0.1, 0.15) is 10.4 Å². The lowest BCUT2D eigenvalue weighted by Gasteiger charge is -2.08. The number of imidazole rings is 1. The van der Waals surface area contributed by atoms with Crippen LogP contribution in [0.25, 0.3) is 11.0 Å². The van der Waals surface area contributed by atoms with Crippen molar-refractivity contribution in [2.45, 2.75) is 0 Å². The van der Waals surface area contributed by atoms with Crippen LogP contribution < -0.4 is 22.1 Å². The number of nitrogens with two attached hydrogens (primary N) is 2. The quantitative estimate of drug-likeness (QED) is 0.417. The molecule has 0 aliphatic carbocycles. The van der Waals surface area contributed by atoms with Gasteiger partial charge in [0, 0.05) is 12.6 Å². The highest BCUT2D eigenvalue weighted by Gasteiger charge is 2.18. The topological polar surface area (TPSA) is 140 Å². The number of guanidine groups is 1. The van der Waals surface area contributed by atoms with Gasteiger partial charge in [-0.05, 0) is 36.4 Å². The lowest BCUT2D eigenvalue weighted by Crippen LogP contribution is -2.27. The van der Waals surface area contributed by atoms with Gasteiger partial charge in [0.05, 0.1) is 16.7 Å². The molecule has 9 heteroatoms. The molecule has 0 aliphatic heterocycles. The first-order valence-electron chi connectivity index (χ1n) is 7.70. The molecule has 0 bridgehead atoms. The summed E-state index contributed by atoms with van der Waals surface area (Å²) in [7, 11) is 1.51. The Hall–Kier alpha value is -3.88. The van der Waals surface area contributed by atoms with Crippen molar-refractivity contribution in [1.82, 2.24) is 14.9 Å². The molecule has 2 aromatic carbocycles. The molecule has 0 saturated heterocycles. The van der Waals surface area contributed by atoms with Gasteiger partial charge >= 0.3 is 6.03 Å². The van der Waals surface area contributed by atoms with E-state index >= 15 is 0 Å². The fourth-order valence-corrected chi connectivity index (χ4v) is 2.44. The van der Waals surface area contributed by atoms with Gasteiger partial charge in [-0.1, -0.05) is 12.1 Å². The first-order valence-corrected chi connectivity index (χ1v) is 7.70. The molecule has 2 amide bonds. The van der Waals surface area contributed by atoms with Crippen molar-refractivity contribution in [3.8, 4) is 0 Å². The highest BCUT2D eigenvalue weighted by atomic mass is 16.2. The number of nitrogens with zero attached hydrogens (tertiary/aromatic N) is 3.